The highest BCUT2D eigenvalue weighted by molar-refractivity contribution is 9.10. The number of halogens is 1. The Kier molecular flexibility index (Phi) is 4.50. The average Bonchev–Trinajstić information content (AvgIpc) is 2.39. The van der Waals surface area contributed by atoms with Gasteiger partial charge >= 0.3 is 0 Å². The molecule has 0 aliphatic rings. The number of nitrogens with two attached hydrogens (primary N) is 1. The second kappa shape index (κ2) is 6.12. The predicted molar refractivity (Wildman–Crippen MR) is 86.4 cm³/mol. The van der Waals surface area contributed by atoms with Crippen molar-refractivity contribution in [1.82, 2.24) is 4.98 Å². The topological polar surface area (TPSA) is 42.2 Å². The van der Waals surface area contributed by atoms with Crippen LogP contribution in [0, 0.1) is 0 Å². The molecule has 98 valence electrons. The lowest BCUT2D eigenvalue weighted by Crippen LogP contribution is -2.18. The van der Waals surface area contributed by atoms with E-state index in [2.05, 4.69) is 37.9 Å². The fourth-order valence-electron chi connectivity index (χ4n) is 1.79. The Morgan fingerprint density at radius 1 is 1.37 bits per heavy atom. The molecular formula is C14H14BrN3S. The van der Waals surface area contributed by atoms with Crippen LogP contribution in [-0.2, 0) is 6.54 Å². The number of thiocarbonyl (C=S) groups is 1. The molecule has 2 rings (SSSR count). The normalized spacial score (nSPS) is 10.2. The molecule has 0 aliphatic heterocycles. The lowest BCUT2D eigenvalue weighted by molar-refractivity contribution is 0.919. The summed E-state index contributed by atoms with van der Waals surface area (Å²) in [6.07, 6.45) is 1.72. The lowest BCUT2D eigenvalue weighted by atomic mass is 10.2. The molecule has 19 heavy (non-hydrogen) atoms. The fraction of sp³-hybridized carbons (Fsp3) is 0.143. The molecule has 1 aromatic carbocycles. The van der Waals surface area contributed by atoms with E-state index in [1.165, 1.54) is 5.56 Å². The molecule has 0 spiro atoms. The maximum Gasteiger partial charge on any atom is 0.122 e. The molecule has 0 bridgehead atoms. The van der Waals surface area contributed by atoms with Crippen LogP contribution in [0.5, 0.6) is 0 Å². The van der Waals surface area contributed by atoms with E-state index in [9.17, 15) is 0 Å². The van der Waals surface area contributed by atoms with Crippen LogP contribution in [0.1, 0.15) is 11.3 Å². The molecule has 0 saturated heterocycles. The number of aromatic nitrogens is 1. The molecule has 5 heteroatoms. The van der Waals surface area contributed by atoms with E-state index >= 15 is 0 Å². The van der Waals surface area contributed by atoms with Crippen LogP contribution in [0.3, 0.4) is 0 Å². The zero-order valence-corrected chi connectivity index (χ0v) is 12.9. The highest BCUT2D eigenvalue weighted by Gasteiger charge is 2.05. The van der Waals surface area contributed by atoms with Crippen molar-refractivity contribution in [1.29, 1.82) is 0 Å². The Bertz CT molecular complexity index is 601. The summed E-state index contributed by atoms with van der Waals surface area (Å²) in [4.78, 5) is 6.59. The second-order valence-electron chi connectivity index (χ2n) is 4.25. The molecule has 0 saturated carbocycles. The van der Waals surface area contributed by atoms with Crippen molar-refractivity contribution in [2.45, 2.75) is 6.54 Å². The van der Waals surface area contributed by atoms with Gasteiger partial charge in [-0.1, -0.05) is 40.3 Å². The van der Waals surface area contributed by atoms with Crippen molar-refractivity contribution in [3.05, 3.63) is 58.3 Å². The predicted octanol–water partition coefficient (Wildman–Crippen LogP) is 3.11. The summed E-state index contributed by atoms with van der Waals surface area (Å²) in [5, 5.41) is 0. The highest BCUT2D eigenvalue weighted by Crippen LogP contribution is 2.18. The first-order valence-corrected chi connectivity index (χ1v) is 6.98. The number of nitrogens with zero attached hydrogens (tertiary/aromatic N) is 2. The SMILES string of the molecule is CN(Cc1cccc(Br)c1)c1ccnc(C(N)=S)c1. The smallest absolute Gasteiger partial charge is 0.122 e. The van der Waals surface area contributed by atoms with Crippen molar-refractivity contribution >= 4 is 38.8 Å². The minimum Gasteiger partial charge on any atom is -0.388 e. The summed E-state index contributed by atoms with van der Waals surface area (Å²) in [6.45, 7) is 0.806. The van der Waals surface area contributed by atoms with Gasteiger partial charge in [-0.3, -0.25) is 4.98 Å². The van der Waals surface area contributed by atoms with Crippen LogP contribution in [0.2, 0.25) is 0 Å². The molecule has 1 heterocycles. The largest absolute Gasteiger partial charge is 0.388 e. The quantitative estimate of drug-likeness (QED) is 0.871. The van der Waals surface area contributed by atoms with Gasteiger partial charge in [0.25, 0.3) is 0 Å². The van der Waals surface area contributed by atoms with Crippen LogP contribution in [0.4, 0.5) is 5.69 Å². The van der Waals surface area contributed by atoms with Crippen molar-refractivity contribution in [2.24, 2.45) is 5.73 Å². The molecule has 0 atom stereocenters. The first kappa shape index (κ1) is 14.0. The Labute approximate surface area is 126 Å². The monoisotopic (exact) mass is 335 g/mol. The van der Waals surface area contributed by atoms with Gasteiger partial charge in [0, 0.05) is 29.9 Å². The molecule has 0 amide bonds. The van der Waals surface area contributed by atoms with Gasteiger partial charge in [-0.2, -0.15) is 0 Å². The zero-order chi connectivity index (χ0) is 13.8. The Balaban J connectivity index is 2.18. The fourth-order valence-corrected chi connectivity index (χ4v) is 2.35. The summed E-state index contributed by atoms with van der Waals surface area (Å²) < 4.78 is 1.08. The molecule has 0 unspecified atom stereocenters. The standard InChI is InChI=1S/C14H14BrN3S/c1-18(9-10-3-2-4-11(15)7-10)12-5-6-17-13(8-12)14(16)19/h2-8H,9H2,1H3,(H2,16,19). The third kappa shape index (κ3) is 3.75. The summed E-state index contributed by atoms with van der Waals surface area (Å²) in [6, 6.07) is 12.1. The van der Waals surface area contributed by atoms with Gasteiger partial charge < -0.3 is 10.6 Å². The van der Waals surface area contributed by atoms with Gasteiger partial charge in [0.05, 0.1) is 5.69 Å². The first-order valence-electron chi connectivity index (χ1n) is 5.77. The average molecular weight is 336 g/mol. The Morgan fingerprint density at radius 3 is 2.84 bits per heavy atom. The minimum atomic E-state index is 0.317. The number of anilines is 1. The molecule has 2 N–H and O–H groups in total. The molecule has 0 radical (unpaired) electrons. The summed E-state index contributed by atoms with van der Waals surface area (Å²) >= 11 is 8.42. The number of rotatable bonds is 4. The van der Waals surface area contributed by atoms with Crippen LogP contribution in [0.15, 0.2) is 47.1 Å². The van der Waals surface area contributed by atoms with Gasteiger partial charge in [-0.25, -0.2) is 0 Å². The van der Waals surface area contributed by atoms with Gasteiger partial charge in [0.2, 0.25) is 0 Å². The molecule has 2 aromatic rings. The Hall–Kier alpha value is -1.46. The van der Waals surface area contributed by atoms with E-state index in [-0.39, 0.29) is 0 Å². The van der Waals surface area contributed by atoms with Crippen molar-refractivity contribution in [3.8, 4) is 0 Å². The van der Waals surface area contributed by atoms with Crippen molar-refractivity contribution in [2.75, 3.05) is 11.9 Å². The van der Waals surface area contributed by atoms with E-state index in [1.54, 1.807) is 6.20 Å². The zero-order valence-electron chi connectivity index (χ0n) is 10.5. The number of benzene rings is 1. The van der Waals surface area contributed by atoms with E-state index < -0.39 is 0 Å². The van der Waals surface area contributed by atoms with Crippen LogP contribution >= 0.6 is 28.1 Å². The van der Waals surface area contributed by atoms with Gasteiger partial charge in [0.1, 0.15) is 4.99 Å². The van der Waals surface area contributed by atoms with E-state index in [4.69, 9.17) is 18.0 Å². The van der Waals surface area contributed by atoms with Gasteiger partial charge in [-0.15, -0.1) is 0 Å². The van der Waals surface area contributed by atoms with Crippen LogP contribution in [0.25, 0.3) is 0 Å². The molecule has 0 aliphatic carbocycles. The number of pyridine rings is 1. The Morgan fingerprint density at radius 2 is 2.16 bits per heavy atom. The molecular weight excluding hydrogens is 322 g/mol. The summed E-state index contributed by atoms with van der Waals surface area (Å²) in [5.74, 6) is 0. The number of hydrogen-bond acceptors (Lipinski definition) is 3. The summed E-state index contributed by atoms with van der Waals surface area (Å²) in [5.41, 5.74) is 8.51. The van der Waals surface area contributed by atoms with Crippen LogP contribution in [-0.4, -0.2) is 17.0 Å². The molecule has 1 aromatic heterocycles. The van der Waals surface area contributed by atoms with Crippen LogP contribution < -0.4 is 10.6 Å². The first-order chi connectivity index (χ1) is 9.06. The lowest BCUT2D eigenvalue weighted by Gasteiger charge is -2.20. The van der Waals surface area contributed by atoms with Gasteiger partial charge in [-0.05, 0) is 29.8 Å². The maximum absolute atomic E-state index is 5.60. The summed E-state index contributed by atoms with van der Waals surface area (Å²) in [7, 11) is 2.03. The second-order valence-corrected chi connectivity index (χ2v) is 5.61. The minimum absolute atomic E-state index is 0.317. The van der Waals surface area contributed by atoms with Gasteiger partial charge in [0.15, 0.2) is 0 Å². The third-order valence-electron chi connectivity index (χ3n) is 2.75. The number of hydrogen-bond donors (Lipinski definition) is 1. The van der Waals surface area contributed by atoms with Crippen molar-refractivity contribution < 1.29 is 0 Å². The maximum atomic E-state index is 5.60. The molecule has 0 fully saturated rings. The highest BCUT2D eigenvalue weighted by atomic mass is 79.9. The molecule has 3 nitrogen and oxygen atoms in total. The van der Waals surface area contributed by atoms with E-state index in [0.29, 0.717) is 10.7 Å². The van der Waals surface area contributed by atoms with Crippen molar-refractivity contribution in [3.63, 3.8) is 0 Å². The van der Waals surface area contributed by atoms with E-state index in [1.807, 2.05) is 31.3 Å². The third-order valence-corrected chi connectivity index (χ3v) is 3.45. The van der Waals surface area contributed by atoms with E-state index in [0.717, 1.165) is 16.7 Å².